The summed E-state index contributed by atoms with van der Waals surface area (Å²) >= 11 is 0. The fourth-order valence-electron chi connectivity index (χ4n) is 3.46. The Morgan fingerprint density at radius 1 is 1.03 bits per heavy atom. The van der Waals surface area contributed by atoms with Crippen LogP contribution in [0, 0.1) is 17.0 Å². The highest BCUT2D eigenvalue weighted by Gasteiger charge is 2.16. The van der Waals surface area contributed by atoms with Crippen LogP contribution in [0.3, 0.4) is 0 Å². The van der Waals surface area contributed by atoms with Crippen LogP contribution in [0.25, 0.3) is 0 Å². The van der Waals surface area contributed by atoms with E-state index in [4.69, 9.17) is 0 Å². The van der Waals surface area contributed by atoms with E-state index in [1.54, 1.807) is 6.92 Å². The van der Waals surface area contributed by atoms with Gasteiger partial charge in [-0.15, -0.1) is 0 Å². The predicted octanol–water partition coefficient (Wildman–Crippen LogP) is 3.19. The van der Waals surface area contributed by atoms with Gasteiger partial charge in [-0.1, -0.05) is 18.2 Å². The largest absolute Gasteiger partial charge is 0.372 e. The Bertz CT molecular complexity index is 921. The summed E-state index contributed by atoms with van der Waals surface area (Å²) in [6, 6.07) is 12.4. The first-order chi connectivity index (χ1) is 14.4. The van der Waals surface area contributed by atoms with Gasteiger partial charge in [-0.25, -0.2) is 0 Å². The Balaban J connectivity index is 1.48. The molecular formula is C22H26N4O4. The number of non-ortho nitro benzene ring substituents is 1. The van der Waals surface area contributed by atoms with Crippen molar-refractivity contribution in [1.29, 1.82) is 0 Å². The van der Waals surface area contributed by atoms with E-state index >= 15 is 0 Å². The molecule has 8 heteroatoms. The van der Waals surface area contributed by atoms with Gasteiger partial charge in [-0.2, -0.15) is 0 Å². The number of rotatable bonds is 6. The number of nitrogens with one attached hydrogen (secondary N) is 2. The van der Waals surface area contributed by atoms with Crippen LogP contribution in [-0.4, -0.2) is 36.4 Å². The first kappa shape index (κ1) is 21.3. The Labute approximate surface area is 175 Å². The minimum atomic E-state index is -0.848. The quantitative estimate of drug-likeness (QED) is 0.432. The third kappa shape index (κ3) is 5.56. The number of anilines is 2. The summed E-state index contributed by atoms with van der Waals surface area (Å²) in [5.41, 5.74) is 3.03. The molecule has 2 amide bonds. The SMILES string of the molecule is Cc1ccc([N+](=O)[O-])cc1NC(=O)C(=O)NCCc1ccc(N2CCCCC2)cc1. The standard InChI is InChI=1S/C22H26N4O4/c1-16-5-8-19(26(29)30)15-20(16)24-22(28)21(27)23-12-11-17-6-9-18(10-7-17)25-13-3-2-4-14-25/h5-10,15H,2-4,11-14H2,1H3,(H,23,27)(H,24,28). The molecule has 0 bridgehead atoms. The molecule has 1 aliphatic heterocycles. The van der Waals surface area contributed by atoms with E-state index in [2.05, 4.69) is 27.7 Å². The van der Waals surface area contributed by atoms with Crippen molar-refractivity contribution in [3.63, 3.8) is 0 Å². The fraction of sp³-hybridized carbons (Fsp3) is 0.364. The van der Waals surface area contributed by atoms with Crippen molar-refractivity contribution < 1.29 is 14.5 Å². The summed E-state index contributed by atoms with van der Waals surface area (Å²) in [5.74, 6) is -1.62. The zero-order valence-electron chi connectivity index (χ0n) is 17.0. The molecule has 0 atom stereocenters. The highest BCUT2D eigenvalue weighted by atomic mass is 16.6. The van der Waals surface area contributed by atoms with Crippen LogP contribution < -0.4 is 15.5 Å². The van der Waals surface area contributed by atoms with Gasteiger partial charge in [0.05, 0.1) is 10.6 Å². The number of hydrogen-bond acceptors (Lipinski definition) is 5. The fourth-order valence-corrected chi connectivity index (χ4v) is 3.46. The number of nitrogens with zero attached hydrogens (tertiary/aromatic N) is 2. The van der Waals surface area contributed by atoms with Crippen molar-refractivity contribution in [3.05, 3.63) is 63.7 Å². The van der Waals surface area contributed by atoms with Crippen LogP contribution in [-0.2, 0) is 16.0 Å². The molecule has 0 aliphatic carbocycles. The number of carbonyl (C=O) groups excluding carboxylic acids is 2. The molecule has 0 unspecified atom stereocenters. The van der Waals surface area contributed by atoms with Crippen LogP contribution in [0.1, 0.15) is 30.4 Å². The lowest BCUT2D eigenvalue weighted by molar-refractivity contribution is -0.384. The van der Waals surface area contributed by atoms with E-state index in [9.17, 15) is 19.7 Å². The van der Waals surface area contributed by atoms with Gasteiger partial charge in [0.15, 0.2) is 0 Å². The highest BCUT2D eigenvalue weighted by Crippen LogP contribution is 2.22. The molecule has 0 saturated carbocycles. The molecule has 0 spiro atoms. The molecule has 2 aromatic carbocycles. The average molecular weight is 410 g/mol. The molecule has 158 valence electrons. The van der Waals surface area contributed by atoms with Gasteiger partial charge >= 0.3 is 11.8 Å². The first-order valence-corrected chi connectivity index (χ1v) is 10.1. The molecule has 0 aromatic heterocycles. The third-order valence-corrected chi connectivity index (χ3v) is 5.24. The van der Waals surface area contributed by atoms with Gasteiger partial charge in [-0.3, -0.25) is 19.7 Å². The van der Waals surface area contributed by atoms with Gasteiger partial charge in [0.1, 0.15) is 0 Å². The van der Waals surface area contributed by atoms with Crippen molar-refractivity contribution in [1.82, 2.24) is 5.32 Å². The van der Waals surface area contributed by atoms with E-state index in [0.717, 1.165) is 18.7 Å². The molecule has 2 N–H and O–H groups in total. The van der Waals surface area contributed by atoms with Crippen LogP contribution in [0.2, 0.25) is 0 Å². The third-order valence-electron chi connectivity index (χ3n) is 5.24. The number of aryl methyl sites for hydroxylation is 1. The summed E-state index contributed by atoms with van der Waals surface area (Å²) in [7, 11) is 0. The van der Waals surface area contributed by atoms with E-state index in [1.807, 2.05) is 12.1 Å². The lowest BCUT2D eigenvalue weighted by atomic mass is 10.1. The number of nitro benzene ring substituents is 1. The summed E-state index contributed by atoms with van der Waals surface area (Å²) in [4.78, 5) is 36.9. The highest BCUT2D eigenvalue weighted by molar-refractivity contribution is 6.39. The van der Waals surface area contributed by atoms with Gasteiger partial charge in [0.25, 0.3) is 5.69 Å². The van der Waals surface area contributed by atoms with E-state index in [-0.39, 0.29) is 11.4 Å². The Hall–Kier alpha value is -3.42. The second-order valence-electron chi connectivity index (χ2n) is 7.43. The Morgan fingerprint density at radius 3 is 2.40 bits per heavy atom. The second kappa shape index (κ2) is 9.87. The molecule has 0 radical (unpaired) electrons. The number of hydrogen-bond donors (Lipinski definition) is 2. The summed E-state index contributed by atoms with van der Waals surface area (Å²) in [5, 5.41) is 15.9. The van der Waals surface area contributed by atoms with E-state index in [1.165, 1.54) is 43.1 Å². The number of amides is 2. The monoisotopic (exact) mass is 410 g/mol. The van der Waals surface area contributed by atoms with Gasteiger partial charge in [0, 0.05) is 37.5 Å². The maximum absolute atomic E-state index is 12.1. The maximum Gasteiger partial charge on any atom is 0.313 e. The van der Waals surface area contributed by atoms with Crippen molar-refractivity contribution in [3.8, 4) is 0 Å². The molecule has 1 aliphatic rings. The molecule has 1 saturated heterocycles. The van der Waals surface area contributed by atoms with Crippen LogP contribution in [0.15, 0.2) is 42.5 Å². The van der Waals surface area contributed by atoms with Crippen LogP contribution >= 0.6 is 0 Å². The zero-order valence-corrected chi connectivity index (χ0v) is 17.0. The maximum atomic E-state index is 12.1. The Kier molecular flexibility index (Phi) is 7.00. The molecule has 1 heterocycles. The topological polar surface area (TPSA) is 105 Å². The molecule has 1 fully saturated rings. The molecule has 30 heavy (non-hydrogen) atoms. The van der Waals surface area contributed by atoms with Gasteiger partial charge in [0.2, 0.25) is 0 Å². The summed E-state index contributed by atoms with van der Waals surface area (Å²) < 4.78 is 0. The number of piperidine rings is 1. The predicted molar refractivity (Wildman–Crippen MR) is 116 cm³/mol. The van der Waals surface area contributed by atoms with Gasteiger partial charge in [-0.05, 0) is 55.9 Å². The first-order valence-electron chi connectivity index (χ1n) is 10.1. The second-order valence-corrected chi connectivity index (χ2v) is 7.43. The Morgan fingerprint density at radius 2 is 1.73 bits per heavy atom. The van der Waals surface area contributed by atoms with Crippen molar-refractivity contribution in [2.75, 3.05) is 29.9 Å². The van der Waals surface area contributed by atoms with E-state index in [0.29, 0.717) is 18.5 Å². The average Bonchev–Trinajstić information content (AvgIpc) is 2.76. The number of benzene rings is 2. The number of carbonyl (C=O) groups is 2. The smallest absolute Gasteiger partial charge is 0.313 e. The van der Waals surface area contributed by atoms with Crippen LogP contribution in [0.5, 0.6) is 0 Å². The summed E-state index contributed by atoms with van der Waals surface area (Å²) in [6.07, 6.45) is 4.36. The van der Waals surface area contributed by atoms with Crippen LogP contribution in [0.4, 0.5) is 17.1 Å². The molecule has 3 rings (SSSR count). The molecular weight excluding hydrogens is 384 g/mol. The van der Waals surface area contributed by atoms with Crippen molar-refractivity contribution in [2.24, 2.45) is 0 Å². The van der Waals surface area contributed by atoms with E-state index < -0.39 is 16.7 Å². The molecule has 8 nitrogen and oxygen atoms in total. The summed E-state index contributed by atoms with van der Waals surface area (Å²) in [6.45, 7) is 4.21. The molecule has 2 aromatic rings. The number of nitro groups is 1. The van der Waals surface area contributed by atoms with Gasteiger partial charge < -0.3 is 15.5 Å². The normalized spacial score (nSPS) is 13.6. The lowest BCUT2D eigenvalue weighted by Gasteiger charge is -2.28. The van der Waals surface area contributed by atoms with Crippen molar-refractivity contribution >= 4 is 28.9 Å². The van der Waals surface area contributed by atoms with Crippen molar-refractivity contribution in [2.45, 2.75) is 32.6 Å². The minimum Gasteiger partial charge on any atom is -0.372 e. The lowest BCUT2D eigenvalue weighted by Crippen LogP contribution is -2.36. The minimum absolute atomic E-state index is 0.149. The zero-order chi connectivity index (χ0) is 21.5.